The molecule has 3 aromatic rings. The SMILES string of the molecule is O=[N+]([O-])c1cc2c(c(CSc3nccn3-c3ccc(Br)cc3)c1)OCOC2. The van der Waals surface area contributed by atoms with E-state index >= 15 is 0 Å². The van der Waals surface area contributed by atoms with Crippen LogP contribution in [0.25, 0.3) is 5.69 Å². The number of nitro groups is 1. The van der Waals surface area contributed by atoms with E-state index in [1.54, 1.807) is 12.3 Å². The van der Waals surface area contributed by atoms with Gasteiger partial charge in [0, 0.05) is 51.6 Å². The van der Waals surface area contributed by atoms with Gasteiger partial charge < -0.3 is 9.47 Å². The van der Waals surface area contributed by atoms with Crippen LogP contribution in [-0.2, 0) is 17.1 Å². The number of fused-ring (bicyclic) bond motifs is 1. The zero-order valence-corrected chi connectivity index (χ0v) is 16.4. The van der Waals surface area contributed by atoms with Crippen molar-refractivity contribution in [3.05, 3.63) is 74.5 Å². The summed E-state index contributed by atoms with van der Waals surface area (Å²) in [6.07, 6.45) is 3.62. The van der Waals surface area contributed by atoms with E-state index in [1.165, 1.54) is 17.8 Å². The molecule has 2 heterocycles. The van der Waals surface area contributed by atoms with E-state index in [1.807, 2.05) is 35.0 Å². The maximum atomic E-state index is 11.2. The zero-order valence-electron chi connectivity index (χ0n) is 14.0. The summed E-state index contributed by atoms with van der Waals surface area (Å²) in [5.74, 6) is 1.17. The van der Waals surface area contributed by atoms with Crippen LogP contribution in [0.5, 0.6) is 5.75 Å². The normalized spacial score (nSPS) is 13.1. The summed E-state index contributed by atoms with van der Waals surface area (Å²) in [6.45, 7) is 0.457. The van der Waals surface area contributed by atoms with Crippen LogP contribution < -0.4 is 4.74 Å². The fourth-order valence-electron chi connectivity index (χ4n) is 2.83. The Balaban J connectivity index is 1.61. The summed E-state index contributed by atoms with van der Waals surface area (Å²) in [6, 6.07) is 11.0. The van der Waals surface area contributed by atoms with Gasteiger partial charge in [0.1, 0.15) is 5.75 Å². The predicted octanol–water partition coefficient (Wildman–Crippen LogP) is 4.70. The van der Waals surface area contributed by atoms with Crippen molar-refractivity contribution in [1.29, 1.82) is 0 Å². The van der Waals surface area contributed by atoms with Gasteiger partial charge in [-0.15, -0.1) is 0 Å². The number of nitrogens with zero attached hydrogens (tertiary/aromatic N) is 3. The lowest BCUT2D eigenvalue weighted by molar-refractivity contribution is -0.385. The molecule has 0 atom stereocenters. The van der Waals surface area contributed by atoms with Crippen LogP contribution in [0.15, 0.2) is 58.4 Å². The van der Waals surface area contributed by atoms with Crippen LogP contribution in [0, 0.1) is 10.1 Å². The molecule has 0 amide bonds. The molecular weight excluding hydrogens is 434 g/mol. The summed E-state index contributed by atoms with van der Waals surface area (Å²) in [5.41, 5.74) is 2.48. The van der Waals surface area contributed by atoms with Gasteiger partial charge in [0.2, 0.25) is 0 Å². The van der Waals surface area contributed by atoms with E-state index in [0.29, 0.717) is 23.7 Å². The number of hydrogen-bond donors (Lipinski definition) is 0. The molecule has 0 saturated carbocycles. The molecule has 0 unspecified atom stereocenters. The first-order chi connectivity index (χ1) is 13.1. The highest BCUT2D eigenvalue weighted by molar-refractivity contribution is 9.10. The summed E-state index contributed by atoms with van der Waals surface area (Å²) >= 11 is 4.93. The number of non-ortho nitro benzene ring substituents is 1. The minimum atomic E-state index is -0.397. The molecule has 0 radical (unpaired) electrons. The van der Waals surface area contributed by atoms with Gasteiger partial charge in [-0.2, -0.15) is 0 Å². The van der Waals surface area contributed by atoms with Gasteiger partial charge in [0.05, 0.1) is 11.5 Å². The number of nitro benzene ring substituents is 1. The summed E-state index contributed by atoms with van der Waals surface area (Å²) in [4.78, 5) is 15.3. The maximum Gasteiger partial charge on any atom is 0.270 e. The topological polar surface area (TPSA) is 79.4 Å². The number of benzene rings is 2. The van der Waals surface area contributed by atoms with E-state index in [0.717, 1.165) is 20.9 Å². The Kier molecular flexibility index (Phi) is 5.15. The van der Waals surface area contributed by atoms with Crippen molar-refractivity contribution in [2.45, 2.75) is 17.5 Å². The second-order valence-corrected chi connectivity index (χ2v) is 7.66. The van der Waals surface area contributed by atoms with Crippen molar-refractivity contribution in [3.8, 4) is 11.4 Å². The molecule has 1 aliphatic rings. The van der Waals surface area contributed by atoms with Gasteiger partial charge in [-0.25, -0.2) is 4.98 Å². The third kappa shape index (κ3) is 3.85. The van der Waals surface area contributed by atoms with Gasteiger partial charge in [-0.3, -0.25) is 14.7 Å². The smallest absolute Gasteiger partial charge is 0.270 e. The van der Waals surface area contributed by atoms with E-state index < -0.39 is 4.92 Å². The number of aromatic nitrogens is 2. The lowest BCUT2D eigenvalue weighted by Gasteiger charge is -2.20. The molecular formula is C18H14BrN3O4S. The number of rotatable bonds is 5. The van der Waals surface area contributed by atoms with Crippen LogP contribution in [-0.4, -0.2) is 21.3 Å². The Morgan fingerprint density at radius 2 is 2.11 bits per heavy atom. The van der Waals surface area contributed by atoms with Crippen molar-refractivity contribution in [3.63, 3.8) is 0 Å². The molecule has 2 aromatic carbocycles. The highest BCUT2D eigenvalue weighted by atomic mass is 79.9. The first-order valence-electron chi connectivity index (χ1n) is 8.04. The average Bonchev–Trinajstić information content (AvgIpc) is 3.15. The molecule has 9 heteroatoms. The summed E-state index contributed by atoms with van der Waals surface area (Å²) < 4.78 is 13.8. The highest BCUT2D eigenvalue weighted by Crippen LogP contribution is 2.36. The largest absolute Gasteiger partial charge is 0.467 e. The summed E-state index contributed by atoms with van der Waals surface area (Å²) in [7, 11) is 0. The monoisotopic (exact) mass is 447 g/mol. The van der Waals surface area contributed by atoms with Crippen LogP contribution in [0.2, 0.25) is 0 Å². The van der Waals surface area contributed by atoms with Crippen LogP contribution in [0.4, 0.5) is 5.69 Å². The average molecular weight is 448 g/mol. The highest BCUT2D eigenvalue weighted by Gasteiger charge is 2.21. The van der Waals surface area contributed by atoms with Crippen LogP contribution in [0.3, 0.4) is 0 Å². The first-order valence-corrected chi connectivity index (χ1v) is 9.82. The molecule has 0 spiro atoms. The maximum absolute atomic E-state index is 11.2. The molecule has 0 saturated heterocycles. The third-order valence-electron chi connectivity index (χ3n) is 4.05. The van der Waals surface area contributed by atoms with E-state index in [-0.39, 0.29) is 12.5 Å². The number of thioether (sulfide) groups is 1. The molecule has 4 rings (SSSR count). The lowest BCUT2D eigenvalue weighted by Crippen LogP contribution is -2.13. The number of hydrogen-bond acceptors (Lipinski definition) is 6. The van der Waals surface area contributed by atoms with Gasteiger partial charge in [0.25, 0.3) is 5.69 Å². The van der Waals surface area contributed by atoms with E-state index in [4.69, 9.17) is 9.47 Å². The van der Waals surface area contributed by atoms with Gasteiger partial charge in [-0.1, -0.05) is 27.7 Å². The Labute approximate surface area is 167 Å². The molecule has 0 bridgehead atoms. The molecule has 138 valence electrons. The fourth-order valence-corrected chi connectivity index (χ4v) is 4.03. The van der Waals surface area contributed by atoms with Crippen molar-refractivity contribution in [1.82, 2.24) is 9.55 Å². The molecule has 0 aliphatic carbocycles. The molecule has 7 nitrogen and oxygen atoms in total. The molecule has 27 heavy (non-hydrogen) atoms. The molecule has 1 aromatic heterocycles. The second kappa shape index (κ2) is 7.71. The Bertz CT molecular complexity index is 991. The minimum Gasteiger partial charge on any atom is -0.467 e. The molecule has 1 aliphatic heterocycles. The first kappa shape index (κ1) is 18.0. The van der Waals surface area contributed by atoms with Crippen molar-refractivity contribution >= 4 is 33.4 Å². The van der Waals surface area contributed by atoms with Gasteiger partial charge in [0.15, 0.2) is 11.9 Å². The second-order valence-electron chi connectivity index (χ2n) is 5.81. The Morgan fingerprint density at radius 3 is 2.89 bits per heavy atom. The lowest BCUT2D eigenvalue weighted by atomic mass is 10.1. The summed E-state index contributed by atoms with van der Waals surface area (Å²) in [5, 5.41) is 12.0. The van der Waals surface area contributed by atoms with Crippen LogP contribution in [0.1, 0.15) is 11.1 Å². The van der Waals surface area contributed by atoms with Crippen LogP contribution >= 0.6 is 27.7 Å². The predicted molar refractivity (Wildman–Crippen MR) is 104 cm³/mol. The number of imidazole rings is 1. The quantitative estimate of drug-likeness (QED) is 0.320. The number of halogens is 1. The van der Waals surface area contributed by atoms with Gasteiger partial charge >= 0.3 is 0 Å². The van der Waals surface area contributed by atoms with Crippen molar-refractivity contribution in [2.75, 3.05) is 6.79 Å². The fraction of sp³-hybridized carbons (Fsp3) is 0.167. The van der Waals surface area contributed by atoms with E-state index in [9.17, 15) is 10.1 Å². The Hall–Kier alpha value is -2.36. The zero-order chi connectivity index (χ0) is 18.8. The standard InChI is InChI=1S/C18H14BrN3O4S/c19-14-1-3-15(4-2-14)21-6-5-20-18(21)27-10-13-8-16(22(23)24)7-12-9-25-11-26-17(12)13/h1-8H,9-11H2. The van der Waals surface area contributed by atoms with Crippen molar-refractivity contribution < 1.29 is 14.4 Å². The molecule has 0 N–H and O–H groups in total. The minimum absolute atomic E-state index is 0.0368. The Morgan fingerprint density at radius 1 is 1.30 bits per heavy atom. The third-order valence-corrected chi connectivity index (χ3v) is 5.60. The number of ether oxygens (including phenoxy) is 2. The molecule has 0 fully saturated rings. The van der Waals surface area contributed by atoms with Crippen molar-refractivity contribution in [2.24, 2.45) is 0 Å². The van der Waals surface area contributed by atoms with Gasteiger partial charge in [-0.05, 0) is 24.3 Å². The van der Waals surface area contributed by atoms with E-state index in [2.05, 4.69) is 20.9 Å².